The monoisotopic (exact) mass is 276 g/mol. The average molecular weight is 276 g/mol. The number of aliphatic hydroxyl groups excluding tert-OH is 1. The highest BCUT2D eigenvalue weighted by Gasteiger charge is 2.29. The van der Waals surface area contributed by atoms with E-state index >= 15 is 0 Å². The summed E-state index contributed by atoms with van der Waals surface area (Å²) in [6, 6.07) is 5.78. The van der Waals surface area contributed by atoms with Gasteiger partial charge in [0.2, 0.25) is 0 Å². The van der Waals surface area contributed by atoms with Gasteiger partial charge in [-0.2, -0.15) is 0 Å². The number of fused-ring (bicyclic) bond motifs is 1. The van der Waals surface area contributed by atoms with Crippen molar-refractivity contribution in [2.45, 2.75) is 18.9 Å². The number of amides is 1. The molecule has 0 aromatic heterocycles. The fourth-order valence-corrected chi connectivity index (χ4v) is 3.10. The molecule has 2 aliphatic rings. The summed E-state index contributed by atoms with van der Waals surface area (Å²) in [5, 5.41) is 12.4. The number of nitrogens with one attached hydrogen (secondary N) is 1. The first-order chi connectivity index (χ1) is 9.69. The summed E-state index contributed by atoms with van der Waals surface area (Å²) in [5.41, 5.74) is 2.50. The van der Waals surface area contributed by atoms with E-state index in [-0.39, 0.29) is 5.91 Å². The Hall–Kier alpha value is -1.59. The molecule has 0 spiro atoms. The van der Waals surface area contributed by atoms with Crippen LogP contribution in [0.3, 0.4) is 0 Å². The van der Waals surface area contributed by atoms with E-state index in [0.717, 1.165) is 37.5 Å². The van der Waals surface area contributed by atoms with Crippen molar-refractivity contribution in [3.8, 4) is 0 Å². The number of carbonyl (C=O) groups is 1. The Balaban J connectivity index is 1.78. The molecule has 2 heterocycles. The fraction of sp³-hybridized carbons (Fsp3) is 0.533. The minimum absolute atomic E-state index is 0.340. The van der Waals surface area contributed by atoms with E-state index in [9.17, 15) is 9.90 Å². The van der Waals surface area contributed by atoms with Crippen LogP contribution in [0, 0.1) is 5.92 Å². The number of piperidine rings is 1. The second kappa shape index (κ2) is 5.42. The molecule has 1 aromatic rings. The number of nitrogens with zero attached hydrogens (tertiary/aromatic N) is 1. The van der Waals surface area contributed by atoms with E-state index < -0.39 is 6.10 Å². The smallest absolute Gasteiger partial charge is 0.257 e. The second-order valence-corrected chi connectivity index (χ2v) is 5.57. The number of carbonyl (C=O) groups excluding carboxylic acids is 1. The van der Waals surface area contributed by atoms with Crippen molar-refractivity contribution in [1.29, 1.82) is 0 Å². The molecule has 2 N–H and O–H groups in total. The number of rotatable bonds is 3. The SMILES string of the molecule is COCC1CCCN(c2ccc3c(c2)NC(=O)C3O)C1. The molecular formula is C15H20N2O3. The van der Waals surface area contributed by atoms with Crippen LogP contribution in [0.15, 0.2) is 18.2 Å². The Bertz CT molecular complexity index is 516. The number of hydrogen-bond donors (Lipinski definition) is 2. The zero-order chi connectivity index (χ0) is 14.1. The van der Waals surface area contributed by atoms with Gasteiger partial charge >= 0.3 is 0 Å². The van der Waals surface area contributed by atoms with E-state index in [1.807, 2.05) is 18.2 Å². The fourth-order valence-electron chi connectivity index (χ4n) is 3.10. The standard InChI is InChI=1S/C15H20N2O3/c1-20-9-10-3-2-6-17(8-10)11-4-5-12-13(7-11)16-15(19)14(12)18/h4-5,7,10,14,18H,2-3,6,8-9H2,1H3,(H,16,19). The molecule has 1 amide bonds. The lowest BCUT2D eigenvalue weighted by molar-refractivity contribution is -0.123. The summed E-state index contributed by atoms with van der Waals surface area (Å²) >= 11 is 0. The number of hydrogen-bond acceptors (Lipinski definition) is 4. The lowest BCUT2D eigenvalue weighted by Crippen LogP contribution is -2.37. The molecule has 1 fully saturated rings. The van der Waals surface area contributed by atoms with Crippen molar-refractivity contribution < 1.29 is 14.6 Å². The zero-order valence-corrected chi connectivity index (χ0v) is 11.6. The molecule has 2 aliphatic heterocycles. The van der Waals surface area contributed by atoms with Crippen LogP contribution in [0.2, 0.25) is 0 Å². The number of benzene rings is 1. The summed E-state index contributed by atoms with van der Waals surface area (Å²) in [7, 11) is 1.74. The maximum atomic E-state index is 11.5. The lowest BCUT2D eigenvalue weighted by Gasteiger charge is -2.34. The number of aliphatic hydroxyl groups is 1. The first-order valence-electron chi connectivity index (χ1n) is 7.06. The normalized spacial score (nSPS) is 25.5. The highest BCUT2D eigenvalue weighted by Crippen LogP contribution is 2.35. The van der Waals surface area contributed by atoms with Gasteiger partial charge < -0.3 is 20.1 Å². The second-order valence-electron chi connectivity index (χ2n) is 5.57. The summed E-state index contributed by atoms with van der Waals surface area (Å²) in [5.74, 6) is 0.218. The van der Waals surface area contributed by atoms with Crippen molar-refractivity contribution >= 4 is 17.3 Å². The van der Waals surface area contributed by atoms with Crippen LogP contribution in [-0.4, -0.2) is 37.8 Å². The quantitative estimate of drug-likeness (QED) is 0.879. The van der Waals surface area contributed by atoms with Gasteiger partial charge in [-0.05, 0) is 30.9 Å². The summed E-state index contributed by atoms with van der Waals surface area (Å²) < 4.78 is 5.25. The van der Waals surface area contributed by atoms with Gasteiger partial charge in [0.15, 0.2) is 6.10 Å². The van der Waals surface area contributed by atoms with Crippen molar-refractivity contribution in [3.05, 3.63) is 23.8 Å². The van der Waals surface area contributed by atoms with Crippen LogP contribution in [0.25, 0.3) is 0 Å². The van der Waals surface area contributed by atoms with E-state index in [0.29, 0.717) is 11.5 Å². The third-order valence-electron chi connectivity index (χ3n) is 4.12. The first kappa shape index (κ1) is 13.4. The molecule has 20 heavy (non-hydrogen) atoms. The molecule has 0 bridgehead atoms. The minimum Gasteiger partial charge on any atom is -0.384 e. The molecule has 0 saturated carbocycles. The Morgan fingerprint density at radius 3 is 3.15 bits per heavy atom. The van der Waals surface area contributed by atoms with E-state index in [2.05, 4.69) is 10.2 Å². The van der Waals surface area contributed by atoms with E-state index in [4.69, 9.17) is 4.74 Å². The molecule has 2 atom stereocenters. The van der Waals surface area contributed by atoms with Crippen molar-refractivity contribution in [1.82, 2.24) is 0 Å². The number of anilines is 2. The summed E-state index contributed by atoms with van der Waals surface area (Å²) in [4.78, 5) is 13.8. The molecular weight excluding hydrogens is 256 g/mol. The minimum atomic E-state index is -1.03. The van der Waals surface area contributed by atoms with E-state index in [1.54, 1.807) is 7.11 Å². The molecule has 1 saturated heterocycles. The van der Waals surface area contributed by atoms with Crippen LogP contribution >= 0.6 is 0 Å². The van der Waals surface area contributed by atoms with Gasteiger partial charge in [-0.1, -0.05) is 6.07 Å². The van der Waals surface area contributed by atoms with Gasteiger partial charge in [0.1, 0.15) is 0 Å². The molecule has 0 radical (unpaired) electrons. The van der Waals surface area contributed by atoms with Crippen LogP contribution in [0.5, 0.6) is 0 Å². The molecule has 5 nitrogen and oxygen atoms in total. The van der Waals surface area contributed by atoms with Gasteiger partial charge in [0.25, 0.3) is 5.91 Å². The molecule has 0 aliphatic carbocycles. The van der Waals surface area contributed by atoms with Gasteiger partial charge in [0.05, 0.1) is 6.61 Å². The van der Waals surface area contributed by atoms with Crippen molar-refractivity contribution in [2.24, 2.45) is 5.92 Å². The zero-order valence-electron chi connectivity index (χ0n) is 11.6. The predicted octanol–water partition coefficient (Wildman–Crippen LogP) is 1.53. The Morgan fingerprint density at radius 1 is 1.50 bits per heavy atom. The maximum absolute atomic E-state index is 11.5. The average Bonchev–Trinajstić information content (AvgIpc) is 2.74. The van der Waals surface area contributed by atoms with Crippen molar-refractivity contribution in [2.75, 3.05) is 37.0 Å². The Kier molecular flexibility index (Phi) is 3.63. The van der Waals surface area contributed by atoms with E-state index in [1.165, 1.54) is 6.42 Å². The molecule has 3 rings (SSSR count). The molecule has 5 heteroatoms. The van der Waals surface area contributed by atoms with Gasteiger partial charge in [0, 0.05) is 37.1 Å². The van der Waals surface area contributed by atoms with Crippen LogP contribution < -0.4 is 10.2 Å². The van der Waals surface area contributed by atoms with Crippen LogP contribution in [0.1, 0.15) is 24.5 Å². The molecule has 1 aromatic carbocycles. The lowest BCUT2D eigenvalue weighted by atomic mass is 9.98. The summed E-state index contributed by atoms with van der Waals surface area (Å²) in [6.45, 7) is 2.79. The van der Waals surface area contributed by atoms with Crippen molar-refractivity contribution in [3.63, 3.8) is 0 Å². The topological polar surface area (TPSA) is 61.8 Å². The van der Waals surface area contributed by atoms with Crippen LogP contribution in [-0.2, 0) is 9.53 Å². The maximum Gasteiger partial charge on any atom is 0.257 e. The van der Waals surface area contributed by atoms with Gasteiger partial charge in [-0.15, -0.1) is 0 Å². The van der Waals surface area contributed by atoms with Crippen LogP contribution in [0.4, 0.5) is 11.4 Å². The third-order valence-corrected chi connectivity index (χ3v) is 4.12. The largest absolute Gasteiger partial charge is 0.384 e. The third kappa shape index (κ3) is 2.39. The first-order valence-corrected chi connectivity index (χ1v) is 7.06. The van der Waals surface area contributed by atoms with Gasteiger partial charge in [-0.3, -0.25) is 4.79 Å². The van der Waals surface area contributed by atoms with Gasteiger partial charge in [-0.25, -0.2) is 0 Å². The Labute approximate surface area is 118 Å². The Morgan fingerprint density at radius 2 is 2.35 bits per heavy atom. The number of ether oxygens (including phenoxy) is 1. The summed E-state index contributed by atoms with van der Waals surface area (Å²) in [6.07, 6.45) is 1.33. The molecule has 108 valence electrons. The predicted molar refractivity (Wildman–Crippen MR) is 76.8 cm³/mol. The highest BCUT2D eigenvalue weighted by atomic mass is 16.5. The number of methoxy groups -OCH3 is 1. The highest BCUT2D eigenvalue weighted by molar-refractivity contribution is 6.02. The molecule has 2 unspecified atom stereocenters.